The van der Waals surface area contributed by atoms with Crippen molar-refractivity contribution in [1.29, 1.82) is 0 Å². The van der Waals surface area contributed by atoms with Gasteiger partial charge in [-0.05, 0) is 75.2 Å². The SMILES string of the molecule is CCOC(=O)C1=C(C)N=c2s/c(=C/c3cc(Br)ccc3OCc3ccc(C)cc3)c(=O)n2[C@@H]1c1cc(OC)c(OCC)cc1Br. The van der Waals surface area contributed by atoms with Gasteiger partial charge in [-0.3, -0.25) is 9.36 Å². The fraction of sp³-hybridized carbons (Fsp3) is 0.265. The van der Waals surface area contributed by atoms with E-state index in [1.807, 2.05) is 56.3 Å². The molecule has 11 heteroatoms. The lowest BCUT2D eigenvalue weighted by Gasteiger charge is -2.26. The predicted octanol–water partition coefficient (Wildman–Crippen LogP) is 6.62. The fourth-order valence-corrected chi connectivity index (χ4v) is 6.98. The average molecular weight is 757 g/mol. The third-order valence-corrected chi connectivity index (χ3v) is 9.33. The molecule has 1 aliphatic heterocycles. The zero-order chi connectivity index (χ0) is 32.2. The van der Waals surface area contributed by atoms with Crippen LogP contribution in [0, 0.1) is 6.92 Å². The molecule has 1 atom stereocenters. The number of hydrogen-bond acceptors (Lipinski definition) is 8. The topological polar surface area (TPSA) is 88.4 Å². The molecule has 0 radical (unpaired) electrons. The molecule has 0 saturated heterocycles. The molecule has 0 aliphatic carbocycles. The number of nitrogens with zero attached hydrogens (tertiary/aromatic N) is 2. The molecule has 45 heavy (non-hydrogen) atoms. The molecule has 2 heterocycles. The number of aryl methyl sites for hydroxylation is 1. The zero-order valence-corrected chi connectivity index (χ0v) is 29.5. The summed E-state index contributed by atoms with van der Waals surface area (Å²) in [7, 11) is 1.55. The number of fused-ring (bicyclic) bond motifs is 1. The number of halogens is 2. The van der Waals surface area contributed by atoms with Gasteiger partial charge in [0, 0.05) is 14.5 Å². The van der Waals surface area contributed by atoms with Crippen LogP contribution in [0.2, 0.25) is 0 Å². The van der Waals surface area contributed by atoms with E-state index in [1.165, 1.54) is 16.9 Å². The number of ether oxygens (including phenoxy) is 4. The Balaban J connectivity index is 1.66. The molecule has 4 aromatic rings. The summed E-state index contributed by atoms with van der Waals surface area (Å²) in [6.07, 6.45) is 1.80. The Kier molecular flexibility index (Phi) is 10.3. The maximum Gasteiger partial charge on any atom is 0.338 e. The minimum atomic E-state index is -0.832. The molecule has 1 aromatic heterocycles. The van der Waals surface area contributed by atoms with Gasteiger partial charge in [-0.2, -0.15) is 0 Å². The van der Waals surface area contributed by atoms with Gasteiger partial charge in [0.1, 0.15) is 12.4 Å². The number of thiazole rings is 1. The van der Waals surface area contributed by atoms with Gasteiger partial charge in [-0.15, -0.1) is 0 Å². The van der Waals surface area contributed by atoms with Crippen LogP contribution < -0.4 is 29.1 Å². The van der Waals surface area contributed by atoms with Crippen LogP contribution in [0.25, 0.3) is 6.08 Å². The summed E-state index contributed by atoms with van der Waals surface area (Å²) < 4.78 is 26.5. The van der Waals surface area contributed by atoms with Crippen molar-refractivity contribution in [3.63, 3.8) is 0 Å². The summed E-state index contributed by atoms with van der Waals surface area (Å²) in [5.41, 5.74) is 4.00. The van der Waals surface area contributed by atoms with Gasteiger partial charge in [0.25, 0.3) is 5.56 Å². The molecule has 1 aliphatic rings. The van der Waals surface area contributed by atoms with Gasteiger partial charge in [0.05, 0.1) is 42.2 Å². The van der Waals surface area contributed by atoms with Crippen molar-refractivity contribution in [2.24, 2.45) is 4.99 Å². The Hall–Kier alpha value is -3.67. The van der Waals surface area contributed by atoms with Gasteiger partial charge < -0.3 is 18.9 Å². The Morgan fingerprint density at radius 3 is 2.42 bits per heavy atom. The van der Waals surface area contributed by atoms with E-state index in [4.69, 9.17) is 23.9 Å². The summed E-state index contributed by atoms with van der Waals surface area (Å²) >= 11 is 8.46. The number of benzene rings is 3. The number of hydrogen-bond donors (Lipinski definition) is 0. The smallest absolute Gasteiger partial charge is 0.338 e. The molecule has 234 valence electrons. The summed E-state index contributed by atoms with van der Waals surface area (Å²) in [4.78, 5) is 32.8. The average Bonchev–Trinajstić information content (AvgIpc) is 3.31. The first-order valence-corrected chi connectivity index (χ1v) is 16.7. The highest BCUT2D eigenvalue weighted by molar-refractivity contribution is 9.10. The summed E-state index contributed by atoms with van der Waals surface area (Å²) in [5.74, 6) is 1.09. The molecule has 0 unspecified atom stereocenters. The van der Waals surface area contributed by atoms with Crippen molar-refractivity contribution in [3.05, 3.63) is 117 Å². The number of carbonyl (C=O) groups is 1. The van der Waals surface area contributed by atoms with E-state index in [0.717, 1.165) is 15.6 Å². The Labute approximate surface area is 281 Å². The van der Waals surface area contributed by atoms with E-state index < -0.39 is 12.0 Å². The molecule has 8 nitrogen and oxygen atoms in total. The highest BCUT2D eigenvalue weighted by Gasteiger charge is 2.35. The Morgan fingerprint density at radius 2 is 1.73 bits per heavy atom. The lowest BCUT2D eigenvalue weighted by Crippen LogP contribution is -2.40. The van der Waals surface area contributed by atoms with Crippen LogP contribution >= 0.6 is 43.2 Å². The number of esters is 1. The van der Waals surface area contributed by atoms with Gasteiger partial charge in [0.15, 0.2) is 16.3 Å². The molecular formula is C34H32Br2N2O6S. The summed E-state index contributed by atoms with van der Waals surface area (Å²) in [5, 5.41) is 0. The van der Waals surface area contributed by atoms with Crippen molar-refractivity contribution in [2.75, 3.05) is 20.3 Å². The second-order valence-corrected chi connectivity index (χ2v) is 13.0. The van der Waals surface area contributed by atoms with Crippen LogP contribution in [0.15, 0.2) is 84.6 Å². The molecule has 0 fully saturated rings. The summed E-state index contributed by atoms with van der Waals surface area (Å²) in [6, 6.07) is 16.6. The highest BCUT2D eigenvalue weighted by atomic mass is 79.9. The van der Waals surface area contributed by atoms with Crippen LogP contribution in [0.5, 0.6) is 17.2 Å². The van der Waals surface area contributed by atoms with E-state index in [1.54, 1.807) is 43.7 Å². The summed E-state index contributed by atoms with van der Waals surface area (Å²) in [6.45, 7) is 8.41. The minimum absolute atomic E-state index is 0.175. The van der Waals surface area contributed by atoms with E-state index in [0.29, 0.717) is 55.5 Å². The van der Waals surface area contributed by atoms with Crippen molar-refractivity contribution in [2.45, 2.75) is 40.3 Å². The second-order valence-electron chi connectivity index (χ2n) is 10.2. The molecular weight excluding hydrogens is 724 g/mol. The van der Waals surface area contributed by atoms with E-state index >= 15 is 0 Å². The highest BCUT2D eigenvalue weighted by Crippen LogP contribution is 2.41. The van der Waals surface area contributed by atoms with Crippen molar-refractivity contribution < 1.29 is 23.7 Å². The zero-order valence-electron chi connectivity index (χ0n) is 25.5. The Bertz CT molecular complexity index is 1960. The third kappa shape index (κ3) is 6.95. The molecule has 0 bridgehead atoms. The lowest BCUT2D eigenvalue weighted by atomic mass is 9.95. The number of allylic oxidation sites excluding steroid dienone is 1. The maximum absolute atomic E-state index is 14.3. The van der Waals surface area contributed by atoms with Crippen LogP contribution in [0.4, 0.5) is 0 Å². The standard InChI is InChI=1S/C34H32Br2N2O6S/c1-6-42-28-17-25(36)24(16-27(28)41-5)31-30(33(40)43-7-2)20(4)37-34-38(31)32(39)29(45-34)15-22-14-23(35)12-13-26(22)44-18-21-10-8-19(3)9-11-21/h8-17,31H,6-7,18H2,1-5H3/b29-15+/t31-/m1/s1. The van der Waals surface area contributed by atoms with Crippen molar-refractivity contribution >= 4 is 55.2 Å². The van der Waals surface area contributed by atoms with Crippen LogP contribution in [0.3, 0.4) is 0 Å². The van der Waals surface area contributed by atoms with Crippen molar-refractivity contribution in [3.8, 4) is 17.2 Å². The second kappa shape index (κ2) is 14.2. The van der Waals surface area contributed by atoms with E-state index in [2.05, 4.69) is 31.9 Å². The molecule has 0 saturated carbocycles. The number of aromatic nitrogens is 1. The lowest BCUT2D eigenvalue weighted by molar-refractivity contribution is -0.139. The van der Waals surface area contributed by atoms with Gasteiger partial charge in [-0.25, -0.2) is 9.79 Å². The van der Waals surface area contributed by atoms with Gasteiger partial charge >= 0.3 is 5.97 Å². The number of rotatable bonds is 10. The minimum Gasteiger partial charge on any atom is -0.493 e. The quantitative estimate of drug-likeness (QED) is 0.169. The predicted molar refractivity (Wildman–Crippen MR) is 182 cm³/mol. The first-order chi connectivity index (χ1) is 21.6. The molecule has 3 aromatic carbocycles. The number of methoxy groups -OCH3 is 1. The molecule has 0 N–H and O–H groups in total. The molecule has 0 amide bonds. The van der Waals surface area contributed by atoms with Crippen LogP contribution in [-0.2, 0) is 16.1 Å². The van der Waals surface area contributed by atoms with Gasteiger partial charge in [0.2, 0.25) is 0 Å². The first-order valence-electron chi connectivity index (χ1n) is 14.3. The normalized spacial score (nSPS) is 14.6. The largest absolute Gasteiger partial charge is 0.493 e. The van der Waals surface area contributed by atoms with Crippen molar-refractivity contribution in [1.82, 2.24) is 4.57 Å². The molecule has 5 rings (SSSR count). The first kappa shape index (κ1) is 32.7. The van der Waals surface area contributed by atoms with E-state index in [9.17, 15) is 9.59 Å². The van der Waals surface area contributed by atoms with Crippen LogP contribution in [0.1, 0.15) is 49.1 Å². The van der Waals surface area contributed by atoms with Crippen LogP contribution in [-0.4, -0.2) is 30.9 Å². The molecule has 0 spiro atoms. The Morgan fingerprint density at radius 1 is 0.978 bits per heavy atom. The third-order valence-electron chi connectivity index (χ3n) is 7.17. The maximum atomic E-state index is 14.3. The van der Waals surface area contributed by atoms with Gasteiger partial charge in [-0.1, -0.05) is 73.0 Å². The fourth-order valence-electron chi connectivity index (χ4n) is 5.02. The van der Waals surface area contributed by atoms with E-state index in [-0.39, 0.29) is 17.7 Å². The number of carbonyl (C=O) groups excluding carboxylic acids is 1. The monoisotopic (exact) mass is 754 g/mol.